The molecule has 1 amide bonds. The summed E-state index contributed by atoms with van der Waals surface area (Å²) in [5, 5.41) is 2.96. The van der Waals surface area contributed by atoms with Gasteiger partial charge in [0, 0.05) is 13.6 Å². The fourth-order valence-corrected chi connectivity index (χ4v) is 1.13. The van der Waals surface area contributed by atoms with E-state index in [1.54, 1.807) is 0 Å². The van der Waals surface area contributed by atoms with Crippen molar-refractivity contribution in [1.82, 2.24) is 10.2 Å². The molecule has 5 heteroatoms. The highest BCUT2D eigenvalue weighted by atomic mass is 32.1. The summed E-state index contributed by atoms with van der Waals surface area (Å²) in [4.78, 5) is 13.1. The Morgan fingerprint density at radius 1 is 1.50 bits per heavy atom. The number of unbranched alkanes of at least 4 members (excludes halogenated alkanes) is 1. The third kappa shape index (κ3) is 7.45. The van der Waals surface area contributed by atoms with Crippen LogP contribution >= 0.6 is 12.2 Å². The average molecular weight is 246 g/mol. The van der Waals surface area contributed by atoms with Crippen LogP contribution in [0.2, 0.25) is 0 Å². The maximum Gasteiger partial charge on any atom is 0.413 e. The van der Waals surface area contributed by atoms with Crippen LogP contribution in [0.25, 0.3) is 0 Å². The second-order valence-electron chi connectivity index (χ2n) is 4.20. The van der Waals surface area contributed by atoms with Crippen LogP contribution in [0, 0.1) is 5.92 Å². The Morgan fingerprint density at radius 3 is 2.62 bits per heavy atom. The normalized spacial score (nSPS) is 10.1. The maximum absolute atomic E-state index is 11.3. The van der Waals surface area contributed by atoms with Gasteiger partial charge in [0.15, 0.2) is 5.11 Å². The number of hydrogen-bond acceptors (Lipinski definition) is 3. The van der Waals surface area contributed by atoms with Crippen molar-refractivity contribution >= 4 is 23.4 Å². The van der Waals surface area contributed by atoms with Crippen LogP contribution in [0.4, 0.5) is 4.79 Å². The zero-order valence-electron chi connectivity index (χ0n) is 10.6. The van der Waals surface area contributed by atoms with Gasteiger partial charge in [0.05, 0.1) is 6.61 Å². The summed E-state index contributed by atoms with van der Waals surface area (Å²) in [6.45, 7) is 7.34. The third-order valence-electron chi connectivity index (χ3n) is 1.95. The van der Waals surface area contributed by atoms with Crippen LogP contribution in [-0.4, -0.2) is 36.3 Å². The molecule has 16 heavy (non-hydrogen) atoms. The van der Waals surface area contributed by atoms with Gasteiger partial charge in [0.1, 0.15) is 0 Å². The van der Waals surface area contributed by atoms with Crippen LogP contribution in [0.1, 0.15) is 33.6 Å². The lowest BCUT2D eigenvalue weighted by atomic mass is 10.2. The van der Waals surface area contributed by atoms with Gasteiger partial charge in [0.2, 0.25) is 0 Å². The zero-order valence-corrected chi connectivity index (χ0v) is 11.4. The molecule has 0 heterocycles. The monoisotopic (exact) mass is 246 g/mol. The lowest BCUT2D eigenvalue weighted by Gasteiger charge is -2.19. The van der Waals surface area contributed by atoms with Crippen molar-refractivity contribution in [3.8, 4) is 0 Å². The summed E-state index contributed by atoms with van der Waals surface area (Å²) in [5.74, 6) is 0.331. The number of ether oxygens (including phenoxy) is 1. The molecule has 0 aromatic rings. The van der Waals surface area contributed by atoms with Crippen molar-refractivity contribution in [2.24, 2.45) is 5.92 Å². The summed E-state index contributed by atoms with van der Waals surface area (Å²) >= 11 is 5.06. The highest BCUT2D eigenvalue weighted by Crippen LogP contribution is 1.95. The molecular formula is C11H22N2O2S. The molecule has 0 saturated heterocycles. The number of amides is 1. The molecule has 94 valence electrons. The standard InChI is InChI=1S/C11H22N2O2S/c1-5-6-7-13(4)10(16)12-11(14)15-8-9(2)3/h9H,5-8H2,1-4H3,(H,12,14,16). The van der Waals surface area contributed by atoms with Crippen LogP contribution in [0.3, 0.4) is 0 Å². The molecule has 0 aliphatic rings. The molecular weight excluding hydrogens is 224 g/mol. The number of thiocarbonyl (C=S) groups is 1. The average Bonchev–Trinajstić information content (AvgIpc) is 2.22. The Hall–Kier alpha value is -0.840. The van der Waals surface area contributed by atoms with Gasteiger partial charge in [-0.25, -0.2) is 4.79 Å². The minimum Gasteiger partial charge on any atom is -0.449 e. The first-order chi connectivity index (χ1) is 7.47. The van der Waals surface area contributed by atoms with E-state index < -0.39 is 6.09 Å². The van der Waals surface area contributed by atoms with E-state index in [9.17, 15) is 4.79 Å². The molecule has 0 saturated carbocycles. The van der Waals surface area contributed by atoms with Crippen molar-refractivity contribution in [3.05, 3.63) is 0 Å². The largest absolute Gasteiger partial charge is 0.449 e. The third-order valence-corrected chi connectivity index (χ3v) is 2.36. The quantitative estimate of drug-likeness (QED) is 0.756. The topological polar surface area (TPSA) is 41.6 Å². The summed E-state index contributed by atoms with van der Waals surface area (Å²) in [6, 6.07) is 0. The number of nitrogens with one attached hydrogen (secondary N) is 1. The molecule has 0 aromatic heterocycles. The van der Waals surface area contributed by atoms with Crippen LogP contribution in [0.5, 0.6) is 0 Å². The lowest BCUT2D eigenvalue weighted by molar-refractivity contribution is 0.137. The van der Waals surface area contributed by atoms with Crippen LogP contribution < -0.4 is 5.32 Å². The summed E-state index contributed by atoms with van der Waals surface area (Å²) < 4.78 is 4.96. The molecule has 0 aliphatic carbocycles. The van der Waals surface area contributed by atoms with Gasteiger partial charge in [-0.05, 0) is 24.6 Å². The lowest BCUT2D eigenvalue weighted by Crippen LogP contribution is -2.41. The summed E-state index contributed by atoms with van der Waals surface area (Å²) in [7, 11) is 1.86. The van der Waals surface area contributed by atoms with Gasteiger partial charge in [-0.3, -0.25) is 5.32 Å². The van der Waals surface area contributed by atoms with Crippen molar-refractivity contribution < 1.29 is 9.53 Å². The zero-order chi connectivity index (χ0) is 12.6. The predicted octanol–water partition coefficient (Wildman–Crippen LogP) is 2.39. The molecule has 0 radical (unpaired) electrons. The molecule has 0 aliphatic heterocycles. The van der Waals surface area contributed by atoms with Gasteiger partial charge < -0.3 is 9.64 Å². The molecule has 0 aromatic carbocycles. The number of carbonyl (C=O) groups excluding carboxylic acids is 1. The second-order valence-corrected chi connectivity index (χ2v) is 4.58. The van der Waals surface area contributed by atoms with Crippen molar-refractivity contribution in [1.29, 1.82) is 0 Å². The predicted molar refractivity (Wildman–Crippen MR) is 69.5 cm³/mol. The number of hydrogen-bond donors (Lipinski definition) is 1. The molecule has 0 atom stereocenters. The molecule has 0 fully saturated rings. The first kappa shape index (κ1) is 15.2. The van der Waals surface area contributed by atoms with E-state index in [2.05, 4.69) is 12.2 Å². The van der Waals surface area contributed by atoms with E-state index in [1.807, 2.05) is 25.8 Å². The minimum absolute atomic E-state index is 0.331. The molecule has 1 N–H and O–H groups in total. The Bertz CT molecular complexity index is 232. The fourth-order valence-electron chi connectivity index (χ4n) is 0.958. The van der Waals surface area contributed by atoms with E-state index in [4.69, 9.17) is 17.0 Å². The SMILES string of the molecule is CCCCN(C)C(=S)NC(=O)OCC(C)C. The van der Waals surface area contributed by atoms with E-state index in [1.165, 1.54) is 0 Å². The highest BCUT2D eigenvalue weighted by Gasteiger charge is 2.09. The molecule has 0 rings (SSSR count). The first-order valence-corrected chi connectivity index (χ1v) is 6.07. The van der Waals surface area contributed by atoms with E-state index >= 15 is 0 Å². The fraction of sp³-hybridized carbons (Fsp3) is 0.818. The Kier molecular flexibility index (Phi) is 7.89. The van der Waals surface area contributed by atoms with E-state index in [0.29, 0.717) is 17.6 Å². The van der Waals surface area contributed by atoms with Crippen molar-refractivity contribution in [2.45, 2.75) is 33.6 Å². The molecule has 0 spiro atoms. The smallest absolute Gasteiger partial charge is 0.413 e. The number of carbonyl (C=O) groups is 1. The van der Waals surface area contributed by atoms with Gasteiger partial charge >= 0.3 is 6.09 Å². The molecule has 4 nitrogen and oxygen atoms in total. The van der Waals surface area contributed by atoms with Crippen molar-refractivity contribution in [3.63, 3.8) is 0 Å². The Labute approximate surface area is 103 Å². The summed E-state index contributed by atoms with van der Waals surface area (Å²) in [6.07, 6.45) is 1.69. The van der Waals surface area contributed by atoms with Crippen molar-refractivity contribution in [2.75, 3.05) is 20.2 Å². The second kappa shape index (κ2) is 8.33. The molecule has 0 unspecified atom stereocenters. The van der Waals surface area contributed by atoms with Crippen LogP contribution in [-0.2, 0) is 4.74 Å². The number of nitrogens with zero attached hydrogens (tertiary/aromatic N) is 1. The first-order valence-electron chi connectivity index (χ1n) is 5.66. The van der Waals surface area contributed by atoms with Gasteiger partial charge in [-0.15, -0.1) is 0 Å². The minimum atomic E-state index is -0.470. The maximum atomic E-state index is 11.3. The van der Waals surface area contributed by atoms with Crippen LogP contribution in [0.15, 0.2) is 0 Å². The summed E-state index contributed by atoms with van der Waals surface area (Å²) in [5.41, 5.74) is 0. The van der Waals surface area contributed by atoms with Gasteiger partial charge in [-0.1, -0.05) is 27.2 Å². The number of rotatable bonds is 5. The molecule has 0 bridgehead atoms. The Morgan fingerprint density at radius 2 is 2.12 bits per heavy atom. The number of alkyl carbamates (subject to hydrolysis) is 1. The van der Waals surface area contributed by atoms with E-state index in [0.717, 1.165) is 19.4 Å². The van der Waals surface area contributed by atoms with Gasteiger partial charge in [-0.2, -0.15) is 0 Å². The highest BCUT2D eigenvalue weighted by molar-refractivity contribution is 7.80. The van der Waals surface area contributed by atoms with E-state index in [-0.39, 0.29) is 0 Å². The Balaban J connectivity index is 3.80. The van der Waals surface area contributed by atoms with Gasteiger partial charge in [0.25, 0.3) is 0 Å².